The standard InChI is InChI=1S/C3H6NOSi/c4-2-1-3-6-5/h1,3,6H2. The Morgan fingerprint density at radius 1 is 1.83 bits per heavy atom. The molecular weight excluding hydrogens is 94.1 g/mol. The molecule has 0 fully saturated rings. The minimum Gasteiger partial charge on any atom is -0.306 e. The summed E-state index contributed by atoms with van der Waals surface area (Å²) in [6.45, 7) is 0. The first kappa shape index (κ1) is 5.67. The largest absolute Gasteiger partial charge is 0.306 e. The average Bonchev–Trinajstić information content (AvgIpc) is 1.61. The van der Waals surface area contributed by atoms with Crippen molar-refractivity contribution in [2.24, 2.45) is 0 Å². The molecule has 0 amide bonds. The Morgan fingerprint density at radius 2 is 2.50 bits per heavy atom. The van der Waals surface area contributed by atoms with Crippen LogP contribution in [0.4, 0.5) is 0 Å². The van der Waals surface area contributed by atoms with E-state index < -0.39 is 9.76 Å². The molecule has 0 rings (SSSR count). The Labute approximate surface area is 39.4 Å². The highest BCUT2D eigenvalue weighted by Gasteiger charge is 1.79. The molecule has 6 heavy (non-hydrogen) atoms. The molecule has 1 radical (unpaired) electrons. The molecule has 0 saturated heterocycles. The fraction of sp³-hybridized carbons (Fsp3) is 0.667. The van der Waals surface area contributed by atoms with Gasteiger partial charge in [0.25, 0.3) is 0 Å². The monoisotopic (exact) mass is 100 g/mol. The quantitative estimate of drug-likeness (QED) is 0.351. The minimum absolute atomic E-state index is 0.468. The predicted octanol–water partition coefficient (Wildman–Crippen LogP) is -0.167. The Balaban J connectivity index is 2.54. The van der Waals surface area contributed by atoms with Crippen LogP contribution in [0.2, 0.25) is 6.04 Å². The first-order valence-corrected chi connectivity index (χ1v) is 3.44. The lowest BCUT2D eigenvalue weighted by Gasteiger charge is -1.73. The molecule has 0 aromatic carbocycles. The van der Waals surface area contributed by atoms with Crippen LogP contribution < -0.4 is 0 Å². The summed E-state index contributed by atoms with van der Waals surface area (Å²) in [7, 11) is -1.07. The van der Waals surface area contributed by atoms with Crippen LogP contribution in [0.15, 0.2) is 0 Å². The summed E-state index contributed by atoms with van der Waals surface area (Å²) in [6, 6.07) is 2.54. The second-order valence-corrected chi connectivity index (χ2v) is 2.08. The van der Waals surface area contributed by atoms with Gasteiger partial charge < -0.3 is 4.80 Å². The first-order valence-electron chi connectivity index (χ1n) is 1.87. The van der Waals surface area contributed by atoms with Crippen LogP contribution in [0.3, 0.4) is 0 Å². The van der Waals surface area contributed by atoms with Crippen molar-refractivity contribution in [3.63, 3.8) is 0 Å². The first-order chi connectivity index (χ1) is 2.91. The summed E-state index contributed by atoms with van der Waals surface area (Å²) < 4.78 is 0. The van der Waals surface area contributed by atoms with Gasteiger partial charge in [-0.15, -0.1) is 0 Å². The summed E-state index contributed by atoms with van der Waals surface area (Å²) in [5.41, 5.74) is 0. The zero-order chi connectivity index (χ0) is 4.83. The van der Waals surface area contributed by atoms with Crippen LogP contribution in [0.25, 0.3) is 0 Å². The number of nitriles is 1. The van der Waals surface area contributed by atoms with Crippen molar-refractivity contribution in [3.05, 3.63) is 0 Å². The van der Waals surface area contributed by atoms with E-state index in [1.165, 1.54) is 0 Å². The molecule has 0 unspecified atom stereocenters. The molecule has 0 aliphatic rings. The van der Waals surface area contributed by atoms with E-state index >= 15 is 0 Å². The Morgan fingerprint density at radius 3 is 2.67 bits per heavy atom. The van der Waals surface area contributed by atoms with E-state index in [2.05, 4.69) is 0 Å². The molecule has 0 aliphatic heterocycles. The van der Waals surface area contributed by atoms with Gasteiger partial charge in [0.1, 0.15) is 0 Å². The maximum absolute atomic E-state index is 9.68. The van der Waals surface area contributed by atoms with Gasteiger partial charge in [0, 0.05) is 6.42 Å². The van der Waals surface area contributed by atoms with Crippen molar-refractivity contribution in [3.8, 4) is 6.07 Å². The van der Waals surface area contributed by atoms with Crippen LogP contribution in [0.1, 0.15) is 6.42 Å². The second kappa shape index (κ2) is 4.67. The number of nitrogens with zero attached hydrogens (tertiary/aromatic N) is 1. The molecule has 3 heteroatoms. The third-order valence-corrected chi connectivity index (χ3v) is 1.08. The normalized spacial score (nSPS) is 9.33. The molecule has 0 N–H and O–H groups in total. The summed E-state index contributed by atoms with van der Waals surface area (Å²) in [5.74, 6) is 0. The lowest BCUT2D eigenvalue weighted by molar-refractivity contribution is 0.473. The molecule has 2 nitrogen and oxygen atoms in total. The third kappa shape index (κ3) is 3.67. The van der Waals surface area contributed by atoms with Gasteiger partial charge in [0.15, 0.2) is 0 Å². The zero-order valence-corrected chi connectivity index (χ0v) is 4.89. The Hall–Kier alpha value is -0.333. The van der Waals surface area contributed by atoms with Gasteiger partial charge in [-0.2, -0.15) is 5.26 Å². The molecule has 0 bridgehead atoms. The fourth-order valence-electron chi connectivity index (χ4n) is 0.151. The average molecular weight is 100 g/mol. The SMILES string of the molecule is N#CCC[SiH2][O]. The van der Waals surface area contributed by atoms with Crippen molar-refractivity contribution < 1.29 is 4.80 Å². The Kier molecular flexibility index (Phi) is 4.41. The van der Waals surface area contributed by atoms with E-state index in [-0.39, 0.29) is 0 Å². The molecule has 0 saturated carbocycles. The fourth-order valence-corrected chi connectivity index (χ4v) is 0.454. The van der Waals surface area contributed by atoms with Crippen LogP contribution in [-0.4, -0.2) is 9.76 Å². The molecule has 0 heterocycles. The lowest BCUT2D eigenvalue weighted by atomic mass is 10.6. The van der Waals surface area contributed by atoms with E-state index in [0.29, 0.717) is 12.5 Å². The van der Waals surface area contributed by atoms with Crippen molar-refractivity contribution in [2.45, 2.75) is 12.5 Å². The van der Waals surface area contributed by atoms with Crippen LogP contribution >= 0.6 is 0 Å². The van der Waals surface area contributed by atoms with E-state index in [0.717, 1.165) is 0 Å². The summed E-state index contributed by atoms with van der Waals surface area (Å²) in [4.78, 5) is 9.68. The molecule has 0 aromatic rings. The van der Waals surface area contributed by atoms with Gasteiger partial charge in [-0.25, -0.2) is 0 Å². The Bertz CT molecular complexity index is 58.3. The van der Waals surface area contributed by atoms with Crippen molar-refractivity contribution in [1.82, 2.24) is 0 Å². The number of hydrogen-bond donors (Lipinski definition) is 0. The smallest absolute Gasteiger partial charge is 0.208 e. The predicted molar refractivity (Wildman–Crippen MR) is 24.3 cm³/mol. The van der Waals surface area contributed by atoms with Crippen molar-refractivity contribution >= 4 is 9.76 Å². The van der Waals surface area contributed by atoms with E-state index in [1.54, 1.807) is 0 Å². The van der Waals surface area contributed by atoms with E-state index in [1.807, 2.05) is 6.07 Å². The highest BCUT2D eigenvalue weighted by molar-refractivity contribution is 6.24. The molecular formula is C3H6NOSi. The van der Waals surface area contributed by atoms with Gasteiger partial charge >= 0.3 is 0 Å². The number of rotatable bonds is 2. The van der Waals surface area contributed by atoms with Crippen LogP contribution in [0.5, 0.6) is 0 Å². The second-order valence-electron chi connectivity index (χ2n) is 0.966. The lowest BCUT2D eigenvalue weighted by Crippen LogP contribution is -1.79. The van der Waals surface area contributed by atoms with Gasteiger partial charge in [0.2, 0.25) is 9.76 Å². The third-order valence-electron chi connectivity index (χ3n) is 0.433. The topological polar surface area (TPSA) is 43.7 Å². The highest BCUT2D eigenvalue weighted by atomic mass is 28.2. The zero-order valence-electron chi connectivity index (χ0n) is 3.48. The summed E-state index contributed by atoms with van der Waals surface area (Å²) >= 11 is 0. The van der Waals surface area contributed by atoms with Crippen molar-refractivity contribution in [1.29, 1.82) is 5.26 Å². The molecule has 0 aliphatic carbocycles. The number of hydrogen-bond acceptors (Lipinski definition) is 1. The van der Waals surface area contributed by atoms with E-state index in [4.69, 9.17) is 5.26 Å². The highest BCUT2D eigenvalue weighted by Crippen LogP contribution is 1.80. The molecule has 0 atom stereocenters. The molecule has 0 spiro atoms. The minimum atomic E-state index is -1.07. The van der Waals surface area contributed by atoms with Crippen LogP contribution in [0, 0.1) is 11.3 Å². The summed E-state index contributed by atoms with van der Waals surface area (Å²) in [6.07, 6.45) is 0.468. The maximum Gasteiger partial charge on any atom is 0.208 e. The molecule has 0 aromatic heterocycles. The van der Waals surface area contributed by atoms with E-state index in [9.17, 15) is 4.80 Å². The van der Waals surface area contributed by atoms with Gasteiger partial charge in [-0.3, -0.25) is 0 Å². The van der Waals surface area contributed by atoms with Crippen LogP contribution in [-0.2, 0) is 4.80 Å². The van der Waals surface area contributed by atoms with Gasteiger partial charge in [-0.05, 0) is 6.04 Å². The maximum atomic E-state index is 9.68. The summed E-state index contributed by atoms with van der Waals surface area (Å²) in [5, 5.41) is 7.83. The van der Waals surface area contributed by atoms with Gasteiger partial charge in [0.05, 0.1) is 6.07 Å². The van der Waals surface area contributed by atoms with Crippen molar-refractivity contribution in [2.75, 3.05) is 0 Å². The molecule has 33 valence electrons. The van der Waals surface area contributed by atoms with Gasteiger partial charge in [-0.1, -0.05) is 0 Å².